The van der Waals surface area contributed by atoms with E-state index in [1.54, 1.807) is 0 Å². The van der Waals surface area contributed by atoms with Crippen LogP contribution in [0.4, 0.5) is 0 Å². The number of carbonyl (C=O) groups is 2. The highest BCUT2D eigenvalue weighted by atomic mass is 32.2. The molecule has 0 amide bonds. The molecule has 3 rings (SSSR count). The highest BCUT2D eigenvalue weighted by Gasteiger charge is 2.51. The van der Waals surface area contributed by atoms with Crippen LogP contribution >= 0.6 is 0 Å². The van der Waals surface area contributed by atoms with Gasteiger partial charge in [0.05, 0.1) is 11.4 Å². The normalized spacial score (nSPS) is 21.7. The second-order valence-corrected chi connectivity index (χ2v) is 8.14. The van der Waals surface area contributed by atoms with Crippen molar-refractivity contribution in [1.82, 2.24) is 9.62 Å². The average Bonchev–Trinajstić information content (AvgIpc) is 2.84. The van der Waals surface area contributed by atoms with E-state index >= 15 is 0 Å². The zero-order chi connectivity index (χ0) is 16.7. The second kappa shape index (κ2) is 5.81. The lowest BCUT2D eigenvalue weighted by Crippen LogP contribution is -2.52. The first-order chi connectivity index (χ1) is 10.8. The molecule has 0 aliphatic carbocycles. The molecule has 2 aliphatic rings. The fourth-order valence-corrected chi connectivity index (χ4v) is 5.29. The molecule has 23 heavy (non-hydrogen) atoms. The van der Waals surface area contributed by atoms with E-state index in [0.717, 1.165) is 0 Å². The third kappa shape index (κ3) is 2.84. The molecular weight excluding hydrogens is 316 g/mol. The number of benzene rings is 1. The van der Waals surface area contributed by atoms with Gasteiger partial charge in [-0.15, -0.1) is 0 Å². The number of Topliss-reactive ketones (excluding diaryl/α,β-unsaturated/α-hetero) is 2. The van der Waals surface area contributed by atoms with Crippen LogP contribution in [0.5, 0.6) is 0 Å². The van der Waals surface area contributed by atoms with E-state index in [1.165, 1.54) is 35.5 Å². The monoisotopic (exact) mass is 336 g/mol. The number of ketones is 2. The van der Waals surface area contributed by atoms with Gasteiger partial charge in [-0.25, -0.2) is 8.42 Å². The number of hydrogen-bond donors (Lipinski definition) is 1. The molecule has 2 heterocycles. The fourth-order valence-electron chi connectivity index (χ4n) is 3.49. The lowest BCUT2D eigenvalue weighted by atomic mass is 9.87. The molecule has 0 saturated carbocycles. The zero-order valence-electron chi connectivity index (χ0n) is 13.0. The van der Waals surface area contributed by atoms with Gasteiger partial charge in [0, 0.05) is 17.5 Å². The maximum Gasteiger partial charge on any atom is 0.243 e. The van der Waals surface area contributed by atoms with Gasteiger partial charge in [-0.05, 0) is 45.0 Å². The summed E-state index contributed by atoms with van der Waals surface area (Å²) >= 11 is 0. The standard InChI is InChI=1S/C16H20N2O4S/c1-12(19)13-2-4-15(5-3-13)23(21,22)18-11-14(20)10-16(18)6-8-17-9-7-16/h2-5,17H,6-11H2,1H3. The SMILES string of the molecule is CC(=O)c1ccc(S(=O)(=O)N2CC(=O)CC23CCNCC3)cc1. The summed E-state index contributed by atoms with van der Waals surface area (Å²) < 4.78 is 27.4. The second-order valence-electron chi connectivity index (χ2n) is 6.28. The molecule has 2 aliphatic heterocycles. The van der Waals surface area contributed by atoms with Crippen molar-refractivity contribution in [2.75, 3.05) is 19.6 Å². The summed E-state index contributed by atoms with van der Waals surface area (Å²) in [4.78, 5) is 23.4. The number of nitrogens with zero attached hydrogens (tertiary/aromatic N) is 1. The average molecular weight is 336 g/mol. The lowest BCUT2D eigenvalue weighted by molar-refractivity contribution is -0.116. The molecular formula is C16H20N2O4S. The number of nitrogens with one attached hydrogen (secondary N) is 1. The summed E-state index contributed by atoms with van der Waals surface area (Å²) in [6.07, 6.45) is 1.58. The molecule has 0 unspecified atom stereocenters. The molecule has 1 aromatic carbocycles. The van der Waals surface area contributed by atoms with E-state index in [-0.39, 0.29) is 23.0 Å². The predicted octanol–water partition coefficient (Wildman–Crippen LogP) is 0.975. The van der Waals surface area contributed by atoms with E-state index in [0.29, 0.717) is 37.9 Å². The Morgan fingerprint density at radius 2 is 1.78 bits per heavy atom. The van der Waals surface area contributed by atoms with E-state index < -0.39 is 15.6 Å². The molecule has 0 radical (unpaired) electrons. The van der Waals surface area contributed by atoms with Crippen LogP contribution in [0, 0.1) is 0 Å². The highest BCUT2D eigenvalue weighted by molar-refractivity contribution is 7.89. The van der Waals surface area contributed by atoms with Gasteiger partial charge in [-0.1, -0.05) is 12.1 Å². The Morgan fingerprint density at radius 1 is 1.17 bits per heavy atom. The van der Waals surface area contributed by atoms with Crippen molar-refractivity contribution in [2.45, 2.75) is 36.6 Å². The van der Waals surface area contributed by atoms with Crippen LogP contribution in [0.2, 0.25) is 0 Å². The van der Waals surface area contributed by atoms with Crippen LogP contribution in [0.15, 0.2) is 29.2 Å². The van der Waals surface area contributed by atoms with Crippen LogP contribution in [-0.4, -0.2) is 49.5 Å². The topological polar surface area (TPSA) is 83.6 Å². The smallest absolute Gasteiger partial charge is 0.243 e. The molecule has 1 spiro atoms. The van der Waals surface area contributed by atoms with Gasteiger partial charge in [-0.3, -0.25) is 9.59 Å². The third-order valence-electron chi connectivity index (χ3n) is 4.76. The van der Waals surface area contributed by atoms with Gasteiger partial charge in [0.25, 0.3) is 0 Å². The van der Waals surface area contributed by atoms with E-state index in [4.69, 9.17) is 0 Å². The lowest BCUT2D eigenvalue weighted by Gasteiger charge is -2.40. The number of hydrogen-bond acceptors (Lipinski definition) is 5. The van der Waals surface area contributed by atoms with Crippen molar-refractivity contribution in [3.8, 4) is 0 Å². The van der Waals surface area contributed by atoms with Crippen molar-refractivity contribution in [2.24, 2.45) is 0 Å². The number of sulfonamides is 1. The fraction of sp³-hybridized carbons (Fsp3) is 0.500. The number of piperidine rings is 1. The van der Waals surface area contributed by atoms with Crippen molar-refractivity contribution in [1.29, 1.82) is 0 Å². The largest absolute Gasteiger partial charge is 0.317 e. The molecule has 0 bridgehead atoms. The minimum absolute atomic E-state index is 0.0316. The molecule has 1 N–H and O–H groups in total. The number of carbonyl (C=O) groups excluding carboxylic acids is 2. The van der Waals surface area contributed by atoms with Crippen LogP contribution in [0.3, 0.4) is 0 Å². The van der Waals surface area contributed by atoms with E-state index in [9.17, 15) is 18.0 Å². The van der Waals surface area contributed by atoms with Gasteiger partial charge in [-0.2, -0.15) is 4.31 Å². The number of rotatable bonds is 3. The predicted molar refractivity (Wildman–Crippen MR) is 84.8 cm³/mol. The minimum atomic E-state index is -3.75. The zero-order valence-corrected chi connectivity index (χ0v) is 13.9. The van der Waals surface area contributed by atoms with Gasteiger partial charge < -0.3 is 5.32 Å². The van der Waals surface area contributed by atoms with Crippen molar-refractivity contribution < 1.29 is 18.0 Å². The summed E-state index contributed by atoms with van der Waals surface area (Å²) in [7, 11) is -3.75. The van der Waals surface area contributed by atoms with Gasteiger partial charge >= 0.3 is 0 Å². The van der Waals surface area contributed by atoms with Crippen LogP contribution in [-0.2, 0) is 14.8 Å². The first-order valence-electron chi connectivity index (χ1n) is 7.71. The van der Waals surface area contributed by atoms with Gasteiger partial charge in [0.15, 0.2) is 5.78 Å². The summed E-state index contributed by atoms with van der Waals surface area (Å²) in [6.45, 7) is 2.80. The molecule has 2 fully saturated rings. The molecule has 0 aromatic heterocycles. The Bertz CT molecular complexity index is 734. The molecule has 1 aromatic rings. The summed E-state index contributed by atoms with van der Waals surface area (Å²) in [5.41, 5.74) is -0.126. The van der Waals surface area contributed by atoms with E-state index in [2.05, 4.69) is 5.32 Å². The van der Waals surface area contributed by atoms with Gasteiger partial charge in [0.2, 0.25) is 10.0 Å². The van der Waals surface area contributed by atoms with Crippen molar-refractivity contribution in [3.05, 3.63) is 29.8 Å². The maximum atomic E-state index is 13.0. The third-order valence-corrected chi connectivity index (χ3v) is 6.72. The van der Waals surface area contributed by atoms with Crippen molar-refractivity contribution in [3.63, 3.8) is 0 Å². The summed E-state index contributed by atoms with van der Waals surface area (Å²) in [5.74, 6) is -0.143. The van der Waals surface area contributed by atoms with Gasteiger partial charge in [0.1, 0.15) is 5.78 Å². The molecule has 7 heteroatoms. The quantitative estimate of drug-likeness (QED) is 0.832. The van der Waals surface area contributed by atoms with Crippen LogP contribution in [0.1, 0.15) is 36.5 Å². The molecule has 124 valence electrons. The Balaban J connectivity index is 1.97. The molecule has 2 saturated heterocycles. The maximum absolute atomic E-state index is 13.0. The Hall–Kier alpha value is -1.57. The first kappa shape index (κ1) is 16.3. The first-order valence-corrected chi connectivity index (χ1v) is 9.15. The summed E-state index contributed by atoms with van der Waals surface area (Å²) in [6, 6.07) is 5.93. The van der Waals surface area contributed by atoms with Crippen LogP contribution < -0.4 is 5.32 Å². The van der Waals surface area contributed by atoms with Crippen LogP contribution in [0.25, 0.3) is 0 Å². The Morgan fingerprint density at radius 3 is 2.35 bits per heavy atom. The summed E-state index contributed by atoms with van der Waals surface area (Å²) in [5, 5.41) is 3.21. The Kier molecular flexibility index (Phi) is 4.12. The Labute approximate surface area is 135 Å². The molecule has 6 nitrogen and oxygen atoms in total. The minimum Gasteiger partial charge on any atom is -0.317 e. The van der Waals surface area contributed by atoms with Crippen molar-refractivity contribution >= 4 is 21.6 Å². The highest BCUT2D eigenvalue weighted by Crippen LogP contribution is 2.39. The van der Waals surface area contributed by atoms with E-state index in [1.807, 2.05) is 0 Å². The molecule has 0 atom stereocenters.